The Morgan fingerprint density at radius 1 is 1.03 bits per heavy atom. The van der Waals surface area contributed by atoms with Gasteiger partial charge in [-0.3, -0.25) is 19.5 Å². The van der Waals surface area contributed by atoms with E-state index in [1.807, 2.05) is 30.3 Å². The minimum absolute atomic E-state index is 0.116. The highest BCUT2D eigenvalue weighted by molar-refractivity contribution is 8.00. The van der Waals surface area contributed by atoms with Gasteiger partial charge in [0.1, 0.15) is 11.5 Å². The smallest absolute Gasteiger partial charge is 0.292 e. The van der Waals surface area contributed by atoms with Crippen molar-refractivity contribution in [3.05, 3.63) is 94.8 Å². The number of nitro benzene ring substituents is 1. The van der Waals surface area contributed by atoms with Crippen molar-refractivity contribution in [2.75, 3.05) is 5.32 Å². The number of nitro groups is 1. The fourth-order valence-electron chi connectivity index (χ4n) is 3.13. The Kier molecular flexibility index (Phi) is 6.45. The van der Waals surface area contributed by atoms with Crippen LogP contribution in [0.3, 0.4) is 0 Å². The SMILES string of the molecule is CC(Sc1nnc(-c2ccccc2)n1-c1ccc(F)cc1)C(=O)Nc1ccccc1[N+](=O)[O-]. The summed E-state index contributed by atoms with van der Waals surface area (Å²) in [5, 5.41) is 22.2. The monoisotopic (exact) mass is 463 g/mol. The van der Waals surface area contributed by atoms with E-state index in [4.69, 9.17) is 0 Å². The molecular weight excluding hydrogens is 445 g/mol. The van der Waals surface area contributed by atoms with Crippen LogP contribution in [0.25, 0.3) is 17.1 Å². The maximum Gasteiger partial charge on any atom is 0.292 e. The first-order chi connectivity index (χ1) is 15.9. The zero-order chi connectivity index (χ0) is 23.4. The molecule has 10 heteroatoms. The number of anilines is 1. The zero-order valence-corrected chi connectivity index (χ0v) is 18.2. The lowest BCUT2D eigenvalue weighted by atomic mass is 10.2. The third-order valence-electron chi connectivity index (χ3n) is 4.76. The lowest BCUT2D eigenvalue weighted by Crippen LogP contribution is -2.23. The van der Waals surface area contributed by atoms with E-state index in [1.54, 1.807) is 29.7 Å². The lowest BCUT2D eigenvalue weighted by molar-refractivity contribution is -0.383. The summed E-state index contributed by atoms with van der Waals surface area (Å²) in [4.78, 5) is 23.5. The van der Waals surface area contributed by atoms with Gasteiger partial charge in [-0.1, -0.05) is 54.2 Å². The quantitative estimate of drug-likeness (QED) is 0.232. The Bertz CT molecular complexity index is 1300. The van der Waals surface area contributed by atoms with Crippen molar-refractivity contribution in [3.8, 4) is 17.1 Å². The number of hydrogen-bond acceptors (Lipinski definition) is 6. The Morgan fingerprint density at radius 3 is 2.39 bits per heavy atom. The van der Waals surface area contributed by atoms with Crippen LogP contribution in [0.2, 0.25) is 0 Å². The first-order valence-corrected chi connectivity index (χ1v) is 10.8. The van der Waals surface area contributed by atoms with E-state index < -0.39 is 16.1 Å². The Morgan fingerprint density at radius 2 is 1.70 bits per heavy atom. The summed E-state index contributed by atoms with van der Waals surface area (Å²) in [5.74, 6) is -0.264. The van der Waals surface area contributed by atoms with Crippen LogP contribution in [0.4, 0.5) is 15.8 Å². The molecule has 1 heterocycles. The van der Waals surface area contributed by atoms with Crippen molar-refractivity contribution < 1.29 is 14.1 Å². The predicted molar refractivity (Wildman–Crippen MR) is 124 cm³/mol. The highest BCUT2D eigenvalue weighted by Crippen LogP contribution is 2.31. The second kappa shape index (κ2) is 9.61. The summed E-state index contributed by atoms with van der Waals surface area (Å²) in [5.41, 5.74) is 1.36. The number of carbonyl (C=O) groups excluding carboxylic acids is 1. The van der Waals surface area contributed by atoms with E-state index in [1.165, 1.54) is 30.3 Å². The fraction of sp³-hybridized carbons (Fsp3) is 0.0870. The predicted octanol–water partition coefficient (Wildman–Crippen LogP) is 5.10. The molecule has 0 aliphatic carbocycles. The highest BCUT2D eigenvalue weighted by atomic mass is 32.2. The van der Waals surface area contributed by atoms with Crippen LogP contribution in [0.15, 0.2) is 84.0 Å². The van der Waals surface area contributed by atoms with Crippen LogP contribution in [-0.2, 0) is 4.79 Å². The normalized spacial score (nSPS) is 11.7. The molecule has 1 amide bonds. The fourth-order valence-corrected chi connectivity index (χ4v) is 4.00. The molecule has 1 N–H and O–H groups in total. The summed E-state index contributed by atoms with van der Waals surface area (Å²) < 4.78 is 15.3. The molecule has 0 radical (unpaired) electrons. The topological polar surface area (TPSA) is 103 Å². The number of thioether (sulfide) groups is 1. The van der Waals surface area contributed by atoms with Crippen LogP contribution in [-0.4, -0.2) is 30.8 Å². The molecule has 166 valence electrons. The van der Waals surface area contributed by atoms with Gasteiger partial charge in [-0.2, -0.15) is 0 Å². The average Bonchev–Trinajstić information content (AvgIpc) is 3.23. The number of carbonyl (C=O) groups is 1. The minimum Gasteiger partial charge on any atom is -0.319 e. The van der Waals surface area contributed by atoms with Crippen molar-refractivity contribution in [1.29, 1.82) is 0 Å². The molecule has 0 aliphatic rings. The van der Waals surface area contributed by atoms with E-state index in [0.717, 1.165) is 17.3 Å². The molecule has 0 spiro atoms. The van der Waals surface area contributed by atoms with Crippen LogP contribution in [0.5, 0.6) is 0 Å². The molecule has 33 heavy (non-hydrogen) atoms. The van der Waals surface area contributed by atoms with Gasteiger partial charge in [-0.25, -0.2) is 4.39 Å². The van der Waals surface area contributed by atoms with Gasteiger partial charge in [0.05, 0.1) is 10.2 Å². The second-order valence-electron chi connectivity index (χ2n) is 7.01. The summed E-state index contributed by atoms with van der Waals surface area (Å²) in [7, 11) is 0. The molecule has 4 aromatic rings. The number of halogens is 1. The van der Waals surface area contributed by atoms with Gasteiger partial charge in [-0.05, 0) is 37.3 Å². The Hall–Kier alpha value is -4.05. The third-order valence-corrected chi connectivity index (χ3v) is 5.80. The van der Waals surface area contributed by atoms with Gasteiger partial charge in [0.15, 0.2) is 11.0 Å². The summed E-state index contributed by atoms with van der Waals surface area (Å²) in [6.45, 7) is 1.67. The zero-order valence-electron chi connectivity index (χ0n) is 17.4. The van der Waals surface area contributed by atoms with Crippen LogP contribution < -0.4 is 5.32 Å². The highest BCUT2D eigenvalue weighted by Gasteiger charge is 2.24. The molecule has 0 saturated heterocycles. The molecule has 0 aliphatic heterocycles. The molecule has 0 bridgehead atoms. The molecule has 1 atom stereocenters. The lowest BCUT2D eigenvalue weighted by Gasteiger charge is -2.14. The molecule has 1 aromatic heterocycles. The van der Waals surface area contributed by atoms with Crippen LogP contribution in [0, 0.1) is 15.9 Å². The van der Waals surface area contributed by atoms with Crippen molar-refractivity contribution in [1.82, 2.24) is 14.8 Å². The molecule has 1 unspecified atom stereocenters. The van der Waals surface area contributed by atoms with E-state index in [2.05, 4.69) is 15.5 Å². The summed E-state index contributed by atoms with van der Waals surface area (Å²) in [6.07, 6.45) is 0. The maximum absolute atomic E-state index is 13.5. The molecule has 0 fully saturated rings. The number of aromatic nitrogens is 3. The van der Waals surface area contributed by atoms with Crippen molar-refractivity contribution in [2.45, 2.75) is 17.3 Å². The van der Waals surface area contributed by atoms with Gasteiger partial charge in [-0.15, -0.1) is 10.2 Å². The summed E-state index contributed by atoms with van der Waals surface area (Å²) in [6, 6.07) is 21.2. The number of benzene rings is 3. The van der Waals surface area contributed by atoms with E-state index in [9.17, 15) is 19.3 Å². The number of amides is 1. The van der Waals surface area contributed by atoms with Crippen LogP contribution >= 0.6 is 11.8 Å². The number of rotatable bonds is 7. The Balaban J connectivity index is 1.64. The summed E-state index contributed by atoms with van der Waals surface area (Å²) >= 11 is 1.14. The van der Waals surface area contributed by atoms with Crippen LogP contribution in [0.1, 0.15) is 6.92 Å². The maximum atomic E-state index is 13.5. The average molecular weight is 463 g/mol. The van der Waals surface area contributed by atoms with Gasteiger partial charge in [0.25, 0.3) is 5.69 Å². The van der Waals surface area contributed by atoms with E-state index in [0.29, 0.717) is 16.7 Å². The Labute approximate surface area is 192 Å². The number of nitrogens with zero attached hydrogens (tertiary/aromatic N) is 4. The third kappa shape index (κ3) is 4.90. The largest absolute Gasteiger partial charge is 0.319 e. The molecule has 3 aromatic carbocycles. The van der Waals surface area contributed by atoms with Crippen molar-refractivity contribution in [2.24, 2.45) is 0 Å². The molecule has 4 rings (SSSR count). The van der Waals surface area contributed by atoms with Gasteiger partial charge in [0, 0.05) is 17.3 Å². The number of nitrogens with one attached hydrogen (secondary N) is 1. The minimum atomic E-state index is -0.656. The van der Waals surface area contributed by atoms with Crippen molar-refractivity contribution >= 4 is 29.0 Å². The molecule has 0 saturated carbocycles. The first-order valence-electron chi connectivity index (χ1n) is 9.92. The standard InChI is InChI=1S/C23H18FN5O3S/c1-15(22(30)25-19-9-5-6-10-20(19)29(31)32)33-23-27-26-21(16-7-3-2-4-8-16)28(23)18-13-11-17(24)12-14-18/h2-15H,1H3,(H,25,30). The molecule has 8 nitrogen and oxygen atoms in total. The second-order valence-corrected chi connectivity index (χ2v) is 8.32. The van der Waals surface area contributed by atoms with Gasteiger partial charge >= 0.3 is 0 Å². The number of hydrogen-bond donors (Lipinski definition) is 1. The van der Waals surface area contributed by atoms with Gasteiger partial charge in [0.2, 0.25) is 5.91 Å². The first kappa shape index (κ1) is 22.2. The van der Waals surface area contributed by atoms with E-state index >= 15 is 0 Å². The van der Waals surface area contributed by atoms with E-state index in [-0.39, 0.29) is 17.2 Å². The van der Waals surface area contributed by atoms with Crippen molar-refractivity contribution in [3.63, 3.8) is 0 Å². The molecular formula is C23H18FN5O3S. The van der Waals surface area contributed by atoms with Gasteiger partial charge < -0.3 is 5.32 Å². The number of para-hydroxylation sites is 2.